The van der Waals surface area contributed by atoms with E-state index in [-0.39, 0.29) is 11.6 Å². The van der Waals surface area contributed by atoms with Crippen LogP contribution >= 0.6 is 0 Å². The molecule has 1 heterocycles. The minimum atomic E-state index is -4.44. The minimum absolute atomic E-state index is 0.214. The average Bonchev–Trinajstić information content (AvgIpc) is 2.73. The van der Waals surface area contributed by atoms with E-state index in [2.05, 4.69) is 10.6 Å². The van der Waals surface area contributed by atoms with Gasteiger partial charge in [-0.3, -0.25) is 14.5 Å². The van der Waals surface area contributed by atoms with Crippen LogP contribution in [0.3, 0.4) is 0 Å². The van der Waals surface area contributed by atoms with Crippen molar-refractivity contribution in [3.63, 3.8) is 0 Å². The van der Waals surface area contributed by atoms with Gasteiger partial charge in [-0.15, -0.1) is 0 Å². The predicted molar refractivity (Wildman–Crippen MR) is 110 cm³/mol. The second-order valence-corrected chi connectivity index (χ2v) is 6.63. The summed E-state index contributed by atoms with van der Waals surface area (Å²) in [6, 6.07) is 10.0. The Morgan fingerprint density at radius 3 is 2.06 bits per heavy atom. The number of nitrogens with one attached hydrogen (secondary N) is 2. The summed E-state index contributed by atoms with van der Waals surface area (Å²) < 4.78 is 37.7. The van der Waals surface area contributed by atoms with Crippen LogP contribution < -0.4 is 10.6 Å². The van der Waals surface area contributed by atoms with Gasteiger partial charge in [0.25, 0.3) is 11.8 Å². The number of amides is 4. The number of alkyl halides is 3. The molecule has 1 aliphatic rings. The van der Waals surface area contributed by atoms with E-state index in [1.54, 1.807) is 36.4 Å². The number of hydrogen-bond acceptors (Lipinski definition) is 3. The number of benzene rings is 2. The Morgan fingerprint density at radius 2 is 1.52 bits per heavy atom. The maximum absolute atomic E-state index is 12.6. The van der Waals surface area contributed by atoms with Gasteiger partial charge in [-0.1, -0.05) is 18.2 Å². The third-order valence-corrected chi connectivity index (χ3v) is 4.37. The molecule has 3 rings (SSSR count). The van der Waals surface area contributed by atoms with Crippen molar-refractivity contribution in [2.24, 2.45) is 0 Å². The first-order chi connectivity index (χ1) is 14.7. The number of hydrogen-bond donors (Lipinski definition) is 2. The molecule has 2 aromatic carbocycles. The highest BCUT2D eigenvalue weighted by Crippen LogP contribution is 2.29. The van der Waals surface area contributed by atoms with Crippen LogP contribution in [-0.2, 0) is 15.8 Å². The number of carbonyl (C=O) groups is 3. The largest absolute Gasteiger partial charge is 0.416 e. The highest BCUT2D eigenvalue weighted by Gasteiger charge is 2.30. The van der Waals surface area contributed by atoms with Crippen LogP contribution in [-0.4, -0.2) is 29.3 Å². The molecule has 1 aliphatic heterocycles. The van der Waals surface area contributed by atoms with Gasteiger partial charge in [-0.25, -0.2) is 4.79 Å². The Kier molecular flexibility index (Phi) is 6.54. The molecule has 2 aromatic rings. The fourth-order valence-electron chi connectivity index (χ4n) is 2.78. The molecule has 160 valence electrons. The third kappa shape index (κ3) is 6.05. The molecule has 0 saturated heterocycles. The number of nitrogens with zero attached hydrogens (tertiary/aromatic N) is 1. The van der Waals surface area contributed by atoms with Gasteiger partial charge in [0.2, 0.25) is 0 Å². The van der Waals surface area contributed by atoms with Crippen LogP contribution in [0.15, 0.2) is 66.8 Å². The lowest BCUT2D eigenvalue weighted by atomic mass is 10.2. The summed E-state index contributed by atoms with van der Waals surface area (Å²) in [5, 5.41) is 5.01. The second kappa shape index (κ2) is 9.29. The number of anilines is 2. The Labute approximate surface area is 176 Å². The summed E-state index contributed by atoms with van der Waals surface area (Å²) in [4.78, 5) is 36.9. The zero-order chi connectivity index (χ0) is 22.4. The summed E-state index contributed by atoms with van der Waals surface area (Å²) in [6.45, 7) is 0.343. The summed E-state index contributed by atoms with van der Waals surface area (Å²) in [7, 11) is 0. The van der Waals surface area contributed by atoms with Crippen LogP contribution in [0.1, 0.15) is 17.5 Å². The number of urea groups is 1. The van der Waals surface area contributed by atoms with Crippen molar-refractivity contribution in [2.45, 2.75) is 12.6 Å². The topological polar surface area (TPSA) is 78.5 Å². The van der Waals surface area contributed by atoms with Crippen LogP contribution in [0.4, 0.5) is 29.3 Å². The van der Waals surface area contributed by atoms with E-state index in [4.69, 9.17) is 0 Å². The molecule has 2 N–H and O–H groups in total. The first-order valence-electron chi connectivity index (χ1n) is 9.28. The van der Waals surface area contributed by atoms with Gasteiger partial charge in [0.1, 0.15) is 0 Å². The molecule has 4 amide bonds. The van der Waals surface area contributed by atoms with Crippen molar-refractivity contribution in [1.29, 1.82) is 0 Å². The van der Waals surface area contributed by atoms with Crippen molar-refractivity contribution in [2.75, 3.05) is 17.2 Å². The molecule has 0 saturated carbocycles. The molecular weight excluding hydrogens is 411 g/mol. The normalized spacial score (nSPS) is 14.0. The monoisotopic (exact) mass is 429 g/mol. The summed E-state index contributed by atoms with van der Waals surface area (Å²) in [5.41, 5.74) is 0.540. The van der Waals surface area contributed by atoms with Crippen molar-refractivity contribution in [3.8, 4) is 0 Å². The molecular formula is C22H18F3N3O3. The standard InChI is InChI=1S/C22H18F3N3O3/c23-22(24,25)16-7-11-18(12-8-16)27-21(31)26-17-9-4-15(5-10-17)6-13-20(30)28-14-2-1-3-19(28)29/h1,3-13H,2,14H2,(H2,26,27,31)/b13-6+. The van der Waals surface area contributed by atoms with Gasteiger partial charge in [-0.2, -0.15) is 13.2 Å². The van der Waals surface area contributed by atoms with Crippen LogP contribution in [0.2, 0.25) is 0 Å². The SMILES string of the molecule is O=C(Nc1ccc(/C=C/C(=O)N2CCC=CC2=O)cc1)Nc1ccc(C(F)(F)F)cc1. The van der Waals surface area contributed by atoms with Crippen LogP contribution in [0, 0.1) is 0 Å². The Bertz CT molecular complexity index is 1030. The molecule has 0 aliphatic carbocycles. The molecule has 0 radical (unpaired) electrons. The Morgan fingerprint density at radius 1 is 0.935 bits per heavy atom. The smallest absolute Gasteiger partial charge is 0.308 e. The number of rotatable bonds is 4. The fraction of sp³-hybridized carbons (Fsp3) is 0.136. The maximum Gasteiger partial charge on any atom is 0.416 e. The summed E-state index contributed by atoms with van der Waals surface area (Å²) >= 11 is 0. The second-order valence-electron chi connectivity index (χ2n) is 6.63. The highest BCUT2D eigenvalue weighted by atomic mass is 19.4. The molecule has 0 bridgehead atoms. The van der Waals surface area contributed by atoms with E-state index in [1.807, 2.05) is 0 Å². The van der Waals surface area contributed by atoms with Crippen molar-refractivity contribution in [1.82, 2.24) is 4.90 Å². The van der Waals surface area contributed by atoms with Gasteiger partial charge in [0, 0.05) is 24.0 Å². The first kappa shape index (κ1) is 21.8. The first-order valence-corrected chi connectivity index (χ1v) is 9.28. The van der Waals surface area contributed by atoms with E-state index < -0.39 is 23.7 Å². The number of halogens is 3. The zero-order valence-corrected chi connectivity index (χ0v) is 16.1. The van der Waals surface area contributed by atoms with Gasteiger partial charge in [0.05, 0.1) is 5.56 Å². The molecule has 9 heteroatoms. The quantitative estimate of drug-likeness (QED) is 0.693. The predicted octanol–water partition coefficient (Wildman–Crippen LogP) is 4.68. The average molecular weight is 429 g/mol. The van der Waals surface area contributed by atoms with Gasteiger partial charge < -0.3 is 10.6 Å². The lowest BCUT2D eigenvalue weighted by Gasteiger charge is -2.19. The van der Waals surface area contributed by atoms with E-state index in [0.717, 1.165) is 29.2 Å². The molecule has 0 fully saturated rings. The Hall–Kier alpha value is -3.88. The molecule has 0 unspecified atom stereocenters. The number of carbonyl (C=O) groups excluding carboxylic acids is 3. The van der Waals surface area contributed by atoms with Gasteiger partial charge in [0.15, 0.2) is 0 Å². The summed E-state index contributed by atoms with van der Waals surface area (Å²) in [6.07, 6.45) is 2.12. The zero-order valence-electron chi connectivity index (χ0n) is 16.1. The molecule has 0 aromatic heterocycles. The van der Waals surface area contributed by atoms with Crippen LogP contribution in [0.25, 0.3) is 6.08 Å². The fourth-order valence-corrected chi connectivity index (χ4v) is 2.78. The minimum Gasteiger partial charge on any atom is -0.308 e. The van der Waals surface area contributed by atoms with Crippen LogP contribution in [0.5, 0.6) is 0 Å². The third-order valence-electron chi connectivity index (χ3n) is 4.37. The lowest BCUT2D eigenvalue weighted by Crippen LogP contribution is -2.37. The van der Waals surface area contributed by atoms with E-state index in [9.17, 15) is 27.6 Å². The van der Waals surface area contributed by atoms with Gasteiger partial charge >= 0.3 is 12.2 Å². The van der Waals surface area contributed by atoms with E-state index in [0.29, 0.717) is 24.2 Å². The van der Waals surface area contributed by atoms with Gasteiger partial charge in [-0.05, 0) is 60.5 Å². The number of imide groups is 1. The van der Waals surface area contributed by atoms with E-state index >= 15 is 0 Å². The Balaban J connectivity index is 1.54. The van der Waals surface area contributed by atoms with E-state index in [1.165, 1.54) is 12.2 Å². The maximum atomic E-state index is 12.6. The van der Waals surface area contributed by atoms with Crippen molar-refractivity contribution in [3.05, 3.63) is 77.9 Å². The highest BCUT2D eigenvalue weighted by molar-refractivity contribution is 6.07. The van der Waals surface area contributed by atoms with Crippen molar-refractivity contribution < 1.29 is 27.6 Å². The summed E-state index contributed by atoms with van der Waals surface area (Å²) in [5.74, 6) is -0.757. The van der Waals surface area contributed by atoms with Crippen molar-refractivity contribution >= 4 is 35.3 Å². The molecule has 0 spiro atoms. The molecule has 6 nitrogen and oxygen atoms in total. The molecule has 0 atom stereocenters. The lowest BCUT2D eigenvalue weighted by molar-refractivity contribution is -0.139. The molecule has 31 heavy (non-hydrogen) atoms.